The maximum absolute atomic E-state index is 5.76. The second-order valence-electron chi connectivity index (χ2n) is 4.65. The Morgan fingerprint density at radius 2 is 1.77 bits per heavy atom. The molecule has 1 rings (SSSR count). The average molecular weight is 184 g/mol. The van der Waals surface area contributed by atoms with Crippen LogP contribution in [0.5, 0.6) is 0 Å². The Morgan fingerprint density at radius 1 is 1.15 bits per heavy atom. The van der Waals surface area contributed by atoms with Gasteiger partial charge in [-0.2, -0.15) is 0 Å². The maximum atomic E-state index is 5.76. The van der Waals surface area contributed by atoms with E-state index in [1.54, 1.807) is 0 Å². The van der Waals surface area contributed by atoms with Crippen molar-refractivity contribution in [1.82, 2.24) is 0 Å². The third-order valence-electron chi connectivity index (χ3n) is 3.22. The molecular weight excluding hydrogens is 160 g/mol. The van der Waals surface area contributed by atoms with Crippen molar-refractivity contribution in [3.05, 3.63) is 0 Å². The third kappa shape index (κ3) is 3.68. The highest BCUT2D eigenvalue weighted by Crippen LogP contribution is 2.31. The van der Waals surface area contributed by atoms with Crippen LogP contribution in [0.1, 0.15) is 52.9 Å². The molecule has 1 heteroatoms. The van der Waals surface area contributed by atoms with Gasteiger partial charge in [-0.25, -0.2) is 0 Å². The van der Waals surface area contributed by atoms with Crippen LogP contribution in [0.15, 0.2) is 0 Å². The van der Waals surface area contributed by atoms with Gasteiger partial charge in [-0.05, 0) is 43.9 Å². The summed E-state index contributed by atoms with van der Waals surface area (Å²) in [5.41, 5.74) is 0. The Bertz CT molecular complexity index is 123. The summed E-state index contributed by atoms with van der Waals surface area (Å²) in [6, 6.07) is 0. The minimum Gasteiger partial charge on any atom is -0.378 e. The first kappa shape index (κ1) is 11.0. The van der Waals surface area contributed by atoms with Gasteiger partial charge < -0.3 is 4.74 Å². The van der Waals surface area contributed by atoms with Gasteiger partial charge in [0.05, 0.1) is 6.10 Å². The summed E-state index contributed by atoms with van der Waals surface area (Å²) in [7, 11) is 0. The van der Waals surface area contributed by atoms with Gasteiger partial charge in [0.2, 0.25) is 0 Å². The summed E-state index contributed by atoms with van der Waals surface area (Å²) >= 11 is 0. The maximum Gasteiger partial charge on any atom is 0.0575 e. The lowest BCUT2D eigenvalue weighted by Gasteiger charge is -2.30. The highest BCUT2D eigenvalue weighted by molar-refractivity contribution is 4.74. The van der Waals surface area contributed by atoms with E-state index in [1.807, 2.05) is 0 Å². The van der Waals surface area contributed by atoms with Crippen molar-refractivity contribution < 1.29 is 4.74 Å². The van der Waals surface area contributed by atoms with E-state index in [2.05, 4.69) is 20.8 Å². The normalized spacial score (nSPS) is 29.5. The molecule has 1 saturated carbocycles. The molecule has 13 heavy (non-hydrogen) atoms. The number of hydrogen-bond donors (Lipinski definition) is 0. The molecule has 0 bridgehead atoms. The zero-order valence-corrected chi connectivity index (χ0v) is 9.38. The lowest BCUT2D eigenvalue weighted by molar-refractivity contribution is 0.0135. The van der Waals surface area contributed by atoms with Crippen molar-refractivity contribution in [2.24, 2.45) is 11.8 Å². The van der Waals surface area contributed by atoms with Gasteiger partial charge >= 0.3 is 0 Å². The number of ether oxygens (including phenoxy) is 1. The van der Waals surface area contributed by atoms with Crippen LogP contribution < -0.4 is 0 Å². The van der Waals surface area contributed by atoms with E-state index in [0.717, 1.165) is 24.9 Å². The van der Waals surface area contributed by atoms with Crippen molar-refractivity contribution in [3.8, 4) is 0 Å². The summed E-state index contributed by atoms with van der Waals surface area (Å²) in [5, 5.41) is 0. The topological polar surface area (TPSA) is 9.23 Å². The van der Waals surface area contributed by atoms with Crippen molar-refractivity contribution in [3.63, 3.8) is 0 Å². The van der Waals surface area contributed by atoms with Gasteiger partial charge in [-0.1, -0.05) is 20.8 Å². The predicted molar refractivity (Wildman–Crippen MR) is 56.8 cm³/mol. The Hall–Kier alpha value is -0.0400. The van der Waals surface area contributed by atoms with E-state index in [4.69, 9.17) is 4.74 Å². The highest BCUT2D eigenvalue weighted by atomic mass is 16.5. The lowest BCUT2D eigenvalue weighted by Crippen LogP contribution is -2.24. The molecule has 0 amide bonds. The predicted octanol–water partition coefficient (Wildman–Crippen LogP) is 3.63. The second-order valence-corrected chi connectivity index (χ2v) is 4.65. The average Bonchev–Trinajstić information content (AvgIpc) is 2.15. The third-order valence-corrected chi connectivity index (χ3v) is 3.22. The fourth-order valence-electron chi connectivity index (χ4n) is 2.21. The smallest absolute Gasteiger partial charge is 0.0575 e. The van der Waals surface area contributed by atoms with E-state index in [0.29, 0.717) is 6.10 Å². The summed E-state index contributed by atoms with van der Waals surface area (Å²) < 4.78 is 5.76. The molecule has 0 N–H and O–H groups in total. The lowest BCUT2D eigenvalue weighted by atomic mass is 9.80. The largest absolute Gasteiger partial charge is 0.378 e. The minimum absolute atomic E-state index is 0.579. The van der Waals surface area contributed by atoms with Crippen molar-refractivity contribution in [1.29, 1.82) is 0 Å². The fourth-order valence-corrected chi connectivity index (χ4v) is 2.21. The van der Waals surface area contributed by atoms with Crippen LogP contribution in [0.3, 0.4) is 0 Å². The van der Waals surface area contributed by atoms with Crippen molar-refractivity contribution in [2.45, 2.75) is 59.0 Å². The molecule has 1 aliphatic carbocycles. The Morgan fingerprint density at radius 3 is 2.23 bits per heavy atom. The van der Waals surface area contributed by atoms with Crippen LogP contribution in [0.2, 0.25) is 0 Å². The van der Waals surface area contributed by atoms with E-state index >= 15 is 0 Å². The van der Waals surface area contributed by atoms with Crippen molar-refractivity contribution in [2.75, 3.05) is 6.61 Å². The minimum atomic E-state index is 0.579. The number of hydrogen-bond acceptors (Lipinski definition) is 1. The highest BCUT2D eigenvalue weighted by Gasteiger charge is 2.23. The van der Waals surface area contributed by atoms with E-state index in [1.165, 1.54) is 25.7 Å². The summed E-state index contributed by atoms with van der Waals surface area (Å²) in [6.45, 7) is 7.83. The fraction of sp³-hybridized carbons (Fsp3) is 1.00. The SMILES string of the molecule is CCCOC1CCC(C(C)C)CC1. The summed E-state index contributed by atoms with van der Waals surface area (Å²) in [6.07, 6.45) is 7.09. The first-order valence-corrected chi connectivity index (χ1v) is 5.85. The molecule has 0 saturated heterocycles. The van der Waals surface area contributed by atoms with Gasteiger partial charge in [0, 0.05) is 6.61 Å². The van der Waals surface area contributed by atoms with E-state index in [-0.39, 0.29) is 0 Å². The Labute approximate surface area is 82.9 Å². The molecule has 1 aliphatic rings. The molecule has 0 aliphatic heterocycles. The zero-order valence-electron chi connectivity index (χ0n) is 9.38. The van der Waals surface area contributed by atoms with Crippen LogP contribution in [0.4, 0.5) is 0 Å². The van der Waals surface area contributed by atoms with Crippen LogP contribution in [0, 0.1) is 11.8 Å². The monoisotopic (exact) mass is 184 g/mol. The second kappa shape index (κ2) is 5.64. The van der Waals surface area contributed by atoms with Crippen LogP contribution in [0.25, 0.3) is 0 Å². The molecule has 78 valence electrons. The molecule has 0 aromatic carbocycles. The quantitative estimate of drug-likeness (QED) is 0.648. The molecular formula is C12H24O. The Kier molecular flexibility index (Phi) is 4.79. The van der Waals surface area contributed by atoms with Crippen LogP contribution in [-0.4, -0.2) is 12.7 Å². The Balaban J connectivity index is 2.15. The van der Waals surface area contributed by atoms with Crippen LogP contribution >= 0.6 is 0 Å². The van der Waals surface area contributed by atoms with Gasteiger partial charge in [0.1, 0.15) is 0 Å². The zero-order chi connectivity index (χ0) is 9.68. The molecule has 0 aromatic heterocycles. The van der Waals surface area contributed by atoms with Crippen LogP contribution in [-0.2, 0) is 4.74 Å². The van der Waals surface area contributed by atoms with Gasteiger partial charge in [-0.15, -0.1) is 0 Å². The van der Waals surface area contributed by atoms with E-state index in [9.17, 15) is 0 Å². The van der Waals surface area contributed by atoms with Crippen molar-refractivity contribution >= 4 is 0 Å². The summed E-state index contributed by atoms with van der Waals surface area (Å²) in [5.74, 6) is 1.83. The first-order valence-electron chi connectivity index (χ1n) is 5.85. The van der Waals surface area contributed by atoms with Gasteiger partial charge in [0.15, 0.2) is 0 Å². The van der Waals surface area contributed by atoms with Gasteiger partial charge in [-0.3, -0.25) is 0 Å². The standard InChI is InChI=1S/C12H24O/c1-4-9-13-12-7-5-11(6-8-12)10(2)3/h10-12H,4-9H2,1-3H3. The summed E-state index contributed by atoms with van der Waals surface area (Å²) in [4.78, 5) is 0. The van der Waals surface area contributed by atoms with E-state index < -0.39 is 0 Å². The molecule has 0 atom stereocenters. The molecule has 0 aromatic rings. The van der Waals surface area contributed by atoms with Gasteiger partial charge in [0.25, 0.3) is 0 Å². The molecule has 0 spiro atoms. The molecule has 1 fully saturated rings. The molecule has 0 heterocycles. The molecule has 1 nitrogen and oxygen atoms in total. The number of rotatable bonds is 4. The molecule has 0 unspecified atom stereocenters. The molecule has 0 radical (unpaired) electrons. The first-order chi connectivity index (χ1) is 6.24.